The van der Waals surface area contributed by atoms with Crippen molar-refractivity contribution in [2.45, 2.75) is 11.8 Å². The van der Waals surface area contributed by atoms with Crippen molar-refractivity contribution in [2.24, 2.45) is 5.92 Å². The summed E-state index contributed by atoms with van der Waals surface area (Å²) in [4.78, 5) is 35.9. The minimum atomic E-state index is -0.864. The number of thiol groups is 1. The largest absolute Gasteiger partial charge is 0.497 e. The molecular formula is C20H21ClN4O4S2. The number of hydrogen-bond donors (Lipinski definition) is 5. The van der Waals surface area contributed by atoms with Gasteiger partial charge in [-0.05, 0) is 60.7 Å². The van der Waals surface area contributed by atoms with Crippen LogP contribution in [-0.4, -0.2) is 35.7 Å². The van der Waals surface area contributed by atoms with Gasteiger partial charge in [0.25, 0.3) is 5.91 Å². The first-order valence-electron chi connectivity index (χ1n) is 9.02. The molecule has 0 aliphatic heterocycles. The normalized spacial score (nSPS) is 12.1. The number of aldehydes is 1. The van der Waals surface area contributed by atoms with Crippen molar-refractivity contribution < 1.29 is 19.1 Å². The summed E-state index contributed by atoms with van der Waals surface area (Å²) in [6.07, 6.45) is 0.354. The molecule has 2 aromatic carbocycles. The van der Waals surface area contributed by atoms with Crippen LogP contribution >= 0.6 is 36.4 Å². The predicted molar refractivity (Wildman–Crippen MR) is 126 cm³/mol. The van der Waals surface area contributed by atoms with Crippen molar-refractivity contribution in [3.05, 3.63) is 59.1 Å². The highest BCUT2D eigenvalue weighted by Gasteiger charge is 2.23. The summed E-state index contributed by atoms with van der Waals surface area (Å²) in [5.74, 6) is -1.18. The monoisotopic (exact) mass is 480 g/mol. The van der Waals surface area contributed by atoms with Gasteiger partial charge >= 0.3 is 0 Å². The van der Waals surface area contributed by atoms with Crippen LogP contribution in [0.3, 0.4) is 0 Å². The van der Waals surface area contributed by atoms with E-state index in [1.807, 2.05) is 0 Å². The number of thiocarbonyl (C=S) groups is 1. The SMILES string of the molecule is COc1ccc(C(=O)NC(S)C(C=O)CC(=O)NNC(=S)Nc2ccc(Cl)cc2)cc1. The van der Waals surface area contributed by atoms with E-state index in [0.29, 0.717) is 28.3 Å². The number of amides is 2. The fourth-order valence-corrected chi connectivity index (χ4v) is 2.98. The molecule has 8 nitrogen and oxygen atoms in total. The lowest BCUT2D eigenvalue weighted by Gasteiger charge is -2.19. The van der Waals surface area contributed by atoms with Gasteiger partial charge in [-0.3, -0.25) is 20.4 Å². The molecule has 0 aliphatic carbocycles. The maximum absolute atomic E-state index is 12.3. The first-order chi connectivity index (χ1) is 14.8. The molecule has 2 unspecified atom stereocenters. The van der Waals surface area contributed by atoms with Crippen molar-refractivity contribution in [2.75, 3.05) is 12.4 Å². The second kappa shape index (κ2) is 12.1. The van der Waals surface area contributed by atoms with Gasteiger partial charge in [0.1, 0.15) is 12.0 Å². The van der Waals surface area contributed by atoms with E-state index in [1.165, 1.54) is 7.11 Å². The molecule has 0 aromatic heterocycles. The lowest BCUT2D eigenvalue weighted by atomic mass is 10.1. The number of hydrazine groups is 1. The molecule has 4 N–H and O–H groups in total. The summed E-state index contributed by atoms with van der Waals surface area (Å²) >= 11 is 15.2. The summed E-state index contributed by atoms with van der Waals surface area (Å²) in [5.41, 5.74) is 5.98. The van der Waals surface area contributed by atoms with Crippen molar-refractivity contribution in [3.8, 4) is 5.75 Å². The molecule has 0 radical (unpaired) electrons. The van der Waals surface area contributed by atoms with Gasteiger partial charge in [-0.25, -0.2) is 0 Å². The fraction of sp³-hybridized carbons (Fsp3) is 0.200. The number of nitrogens with one attached hydrogen (secondary N) is 4. The summed E-state index contributed by atoms with van der Waals surface area (Å²) in [5, 5.41) is 5.32. The first kappa shape index (κ1) is 24.4. The van der Waals surface area contributed by atoms with E-state index in [0.717, 1.165) is 0 Å². The molecule has 2 atom stereocenters. The van der Waals surface area contributed by atoms with Gasteiger partial charge in [0.15, 0.2) is 5.11 Å². The number of anilines is 1. The number of carbonyl (C=O) groups excluding carboxylic acids is 3. The van der Waals surface area contributed by atoms with Crippen LogP contribution in [0.5, 0.6) is 5.75 Å². The standard InChI is InChI=1S/C20H21ClN4O4S2/c1-29-16-8-2-12(3-9-16)18(28)23-19(30)13(11-26)10-17(27)24-25-20(31)22-15-6-4-14(21)5-7-15/h2-9,11,13,19,30H,10H2,1H3,(H,23,28)(H,24,27)(H2,22,25,31). The highest BCUT2D eigenvalue weighted by molar-refractivity contribution is 7.81. The lowest BCUT2D eigenvalue weighted by Crippen LogP contribution is -2.46. The molecule has 2 rings (SSSR count). The number of ether oxygens (including phenoxy) is 1. The number of rotatable bonds is 8. The zero-order valence-corrected chi connectivity index (χ0v) is 18.9. The van der Waals surface area contributed by atoms with E-state index >= 15 is 0 Å². The molecule has 0 aliphatic rings. The average molecular weight is 481 g/mol. The van der Waals surface area contributed by atoms with Crippen LogP contribution in [0.2, 0.25) is 5.02 Å². The summed E-state index contributed by atoms with van der Waals surface area (Å²) < 4.78 is 5.04. The molecular weight excluding hydrogens is 460 g/mol. The van der Waals surface area contributed by atoms with Gasteiger partial charge in [-0.1, -0.05) is 11.6 Å². The highest BCUT2D eigenvalue weighted by Crippen LogP contribution is 2.15. The van der Waals surface area contributed by atoms with Crippen LogP contribution in [0, 0.1) is 5.92 Å². The van der Waals surface area contributed by atoms with Crippen LogP contribution in [0.25, 0.3) is 0 Å². The van der Waals surface area contributed by atoms with Crippen LogP contribution in [0.4, 0.5) is 5.69 Å². The van der Waals surface area contributed by atoms with Crippen LogP contribution in [-0.2, 0) is 9.59 Å². The molecule has 0 spiro atoms. The molecule has 2 amide bonds. The topological polar surface area (TPSA) is 109 Å². The maximum Gasteiger partial charge on any atom is 0.252 e. The second-order valence-electron chi connectivity index (χ2n) is 6.29. The smallest absolute Gasteiger partial charge is 0.252 e. The van der Waals surface area contributed by atoms with Gasteiger partial charge in [0, 0.05) is 22.7 Å². The van der Waals surface area contributed by atoms with Gasteiger partial charge in [-0.15, -0.1) is 0 Å². The first-order valence-corrected chi connectivity index (χ1v) is 10.3. The third kappa shape index (κ3) is 8.08. The van der Waals surface area contributed by atoms with E-state index in [-0.39, 0.29) is 11.5 Å². The molecule has 0 fully saturated rings. The molecule has 11 heteroatoms. The Balaban J connectivity index is 1.81. The van der Waals surface area contributed by atoms with Gasteiger partial charge in [0.05, 0.1) is 18.4 Å². The van der Waals surface area contributed by atoms with E-state index in [1.54, 1.807) is 48.5 Å². The number of hydrogen-bond acceptors (Lipinski definition) is 6. The van der Waals surface area contributed by atoms with Crippen LogP contribution in [0.1, 0.15) is 16.8 Å². The minimum Gasteiger partial charge on any atom is -0.497 e. The quantitative estimate of drug-likeness (QED) is 0.130. The van der Waals surface area contributed by atoms with Crippen molar-refractivity contribution in [3.63, 3.8) is 0 Å². The molecule has 0 saturated heterocycles. The van der Waals surface area contributed by atoms with Gasteiger partial charge < -0.3 is 20.2 Å². The molecule has 0 saturated carbocycles. The predicted octanol–water partition coefficient (Wildman–Crippen LogP) is 2.56. The number of carbonyl (C=O) groups is 3. The third-order valence-corrected chi connectivity index (χ3v) is 5.02. The number of benzene rings is 2. The second-order valence-corrected chi connectivity index (χ2v) is 7.69. The Morgan fingerprint density at radius 1 is 1.13 bits per heavy atom. The van der Waals surface area contributed by atoms with Crippen molar-refractivity contribution >= 4 is 65.3 Å². The van der Waals surface area contributed by atoms with Crippen molar-refractivity contribution in [1.82, 2.24) is 16.2 Å². The maximum atomic E-state index is 12.3. The Morgan fingerprint density at radius 2 is 1.77 bits per heavy atom. The molecule has 2 aromatic rings. The van der Waals surface area contributed by atoms with E-state index < -0.39 is 23.1 Å². The highest BCUT2D eigenvalue weighted by atomic mass is 35.5. The molecule has 31 heavy (non-hydrogen) atoms. The summed E-state index contributed by atoms with van der Waals surface area (Å²) in [7, 11) is 1.52. The molecule has 0 bridgehead atoms. The number of methoxy groups -OCH3 is 1. The van der Waals surface area contributed by atoms with Crippen LogP contribution in [0.15, 0.2) is 48.5 Å². The van der Waals surface area contributed by atoms with Crippen molar-refractivity contribution in [1.29, 1.82) is 0 Å². The Bertz CT molecular complexity index is 926. The Morgan fingerprint density at radius 3 is 2.35 bits per heavy atom. The summed E-state index contributed by atoms with van der Waals surface area (Å²) in [6, 6.07) is 13.2. The zero-order chi connectivity index (χ0) is 22.8. The molecule has 164 valence electrons. The minimum absolute atomic E-state index is 0.147. The lowest BCUT2D eigenvalue weighted by molar-refractivity contribution is -0.125. The third-order valence-electron chi connectivity index (χ3n) is 4.05. The molecule has 0 heterocycles. The Labute approximate surface area is 195 Å². The number of halogens is 1. The van der Waals surface area contributed by atoms with E-state index in [2.05, 4.69) is 34.1 Å². The Kier molecular flexibility index (Phi) is 9.57. The van der Waals surface area contributed by atoms with Crippen LogP contribution < -0.4 is 26.2 Å². The Hall–Kier alpha value is -2.82. The fourth-order valence-electron chi connectivity index (χ4n) is 2.39. The van der Waals surface area contributed by atoms with E-state index in [9.17, 15) is 14.4 Å². The van der Waals surface area contributed by atoms with Gasteiger partial charge in [0.2, 0.25) is 5.91 Å². The average Bonchev–Trinajstić information content (AvgIpc) is 2.77. The van der Waals surface area contributed by atoms with Gasteiger partial charge in [-0.2, -0.15) is 12.6 Å². The summed E-state index contributed by atoms with van der Waals surface area (Å²) in [6.45, 7) is 0. The zero-order valence-electron chi connectivity index (χ0n) is 16.4. The van der Waals surface area contributed by atoms with E-state index in [4.69, 9.17) is 28.6 Å².